The van der Waals surface area contributed by atoms with Crippen LogP contribution >= 0.6 is 11.3 Å². The Morgan fingerprint density at radius 3 is 2.51 bits per heavy atom. The van der Waals surface area contributed by atoms with Crippen LogP contribution in [0.25, 0.3) is 32.5 Å². The summed E-state index contributed by atoms with van der Waals surface area (Å²) in [6, 6.07) is 17.5. The lowest BCUT2D eigenvalue weighted by Crippen LogP contribution is -2.45. The quantitative estimate of drug-likeness (QED) is 0.198. The van der Waals surface area contributed by atoms with Gasteiger partial charge in [-0.1, -0.05) is 6.42 Å². The number of nitrogens with zero attached hydrogens (tertiary/aromatic N) is 4. The van der Waals surface area contributed by atoms with Gasteiger partial charge < -0.3 is 19.5 Å². The zero-order valence-corrected chi connectivity index (χ0v) is 24.2. The van der Waals surface area contributed by atoms with Crippen molar-refractivity contribution in [3.63, 3.8) is 0 Å². The number of anilines is 1. The van der Waals surface area contributed by atoms with E-state index < -0.39 is 0 Å². The van der Waals surface area contributed by atoms with Crippen molar-refractivity contribution in [1.29, 1.82) is 0 Å². The summed E-state index contributed by atoms with van der Waals surface area (Å²) in [4.78, 5) is 12.3. The molecule has 41 heavy (non-hydrogen) atoms. The van der Waals surface area contributed by atoms with Crippen LogP contribution in [0, 0.1) is 5.82 Å². The molecular weight excluding hydrogens is 535 g/mol. The van der Waals surface area contributed by atoms with Crippen LogP contribution in [0.4, 0.5) is 10.1 Å². The number of hydrogen-bond donors (Lipinski definition) is 2. The molecule has 0 radical (unpaired) electrons. The summed E-state index contributed by atoms with van der Waals surface area (Å²) in [6.45, 7) is 9.13. The van der Waals surface area contributed by atoms with Crippen LogP contribution in [0.1, 0.15) is 30.6 Å². The molecule has 2 aliphatic rings. The fraction of sp³-hybridized carbons (Fsp3) is 0.406. The molecular formula is C32H37FN6OS. The van der Waals surface area contributed by atoms with Crippen molar-refractivity contribution in [2.45, 2.75) is 32.2 Å². The normalized spacial score (nSPS) is 17.1. The van der Waals surface area contributed by atoms with E-state index in [0.29, 0.717) is 0 Å². The number of H-pyrrole nitrogens is 2. The first-order valence-corrected chi connectivity index (χ1v) is 15.7. The number of fused-ring (bicyclic) bond motifs is 2. The van der Waals surface area contributed by atoms with Gasteiger partial charge in [-0.05, 0) is 80.9 Å². The van der Waals surface area contributed by atoms with Gasteiger partial charge in [0.15, 0.2) is 0 Å². The van der Waals surface area contributed by atoms with Crippen molar-refractivity contribution < 1.29 is 9.13 Å². The van der Waals surface area contributed by atoms with E-state index in [1.807, 2.05) is 23.5 Å². The molecule has 0 atom stereocenters. The smallest absolute Gasteiger partial charge is 0.126 e. The van der Waals surface area contributed by atoms with Gasteiger partial charge in [0.1, 0.15) is 17.3 Å². The summed E-state index contributed by atoms with van der Waals surface area (Å²) in [5.74, 6) is 0.726. The van der Waals surface area contributed by atoms with Crippen LogP contribution in [0.5, 0.6) is 5.75 Å². The monoisotopic (exact) mass is 572 g/mol. The number of hydrogen-bond acceptors (Lipinski definition) is 6. The summed E-state index contributed by atoms with van der Waals surface area (Å²) in [7, 11) is 0. The molecule has 2 aromatic carbocycles. The molecule has 0 saturated carbocycles. The number of aromatic nitrogens is 3. The van der Waals surface area contributed by atoms with Gasteiger partial charge in [-0.15, -0.1) is 11.3 Å². The molecule has 0 bridgehead atoms. The molecule has 0 spiro atoms. The first-order chi connectivity index (χ1) is 20.2. The van der Waals surface area contributed by atoms with Gasteiger partial charge in [-0.25, -0.2) is 4.39 Å². The first-order valence-electron chi connectivity index (χ1n) is 14.9. The third-order valence-electron chi connectivity index (χ3n) is 8.41. The van der Waals surface area contributed by atoms with Crippen LogP contribution < -0.4 is 9.64 Å². The van der Waals surface area contributed by atoms with E-state index in [2.05, 4.69) is 60.2 Å². The summed E-state index contributed by atoms with van der Waals surface area (Å²) >= 11 is 1.82. The fourth-order valence-corrected chi connectivity index (χ4v) is 7.30. The highest BCUT2D eigenvalue weighted by atomic mass is 32.1. The predicted molar refractivity (Wildman–Crippen MR) is 166 cm³/mol. The van der Waals surface area contributed by atoms with Gasteiger partial charge in [0.25, 0.3) is 0 Å². The molecule has 0 amide bonds. The van der Waals surface area contributed by atoms with Gasteiger partial charge in [-0.3, -0.25) is 10.00 Å². The van der Waals surface area contributed by atoms with Crippen molar-refractivity contribution in [1.82, 2.24) is 25.0 Å². The van der Waals surface area contributed by atoms with Gasteiger partial charge in [0.05, 0.1) is 22.5 Å². The molecule has 7 rings (SSSR count). The topological polar surface area (TPSA) is 63.4 Å². The summed E-state index contributed by atoms with van der Waals surface area (Å²) < 4.78 is 20.6. The van der Waals surface area contributed by atoms with Crippen LogP contribution in [0.2, 0.25) is 0 Å². The second kappa shape index (κ2) is 11.8. The molecule has 0 unspecified atom stereocenters. The SMILES string of the molecule is Fc1ccc(N2CCN(Cc3cc4[nH]nc(-c5cc6ccc(OCCCN7CCCCC7)cc6[nH]5)c4s3)CC2)cc1. The third-order valence-corrected chi connectivity index (χ3v) is 9.54. The Kier molecular flexibility index (Phi) is 7.65. The van der Waals surface area contributed by atoms with Crippen LogP contribution in [0.15, 0.2) is 54.6 Å². The largest absolute Gasteiger partial charge is 0.493 e. The highest BCUT2D eigenvalue weighted by Crippen LogP contribution is 2.35. The maximum absolute atomic E-state index is 13.3. The van der Waals surface area contributed by atoms with Crippen molar-refractivity contribution in [2.24, 2.45) is 0 Å². The Balaban J connectivity index is 0.974. The summed E-state index contributed by atoms with van der Waals surface area (Å²) in [6.07, 6.45) is 5.10. The van der Waals surface area contributed by atoms with Crippen molar-refractivity contribution in [3.05, 3.63) is 65.3 Å². The van der Waals surface area contributed by atoms with Crippen LogP contribution in [-0.4, -0.2) is 77.4 Å². The predicted octanol–water partition coefficient (Wildman–Crippen LogP) is 6.49. The molecule has 2 fully saturated rings. The minimum Gasteiger partial charge on any atom is -0.493 e. The average molecular weight is 573 g/mol. The molecule has 7 nitrogen and oxygen atoms in total. The lowest BCUT2D eigenvalue weighted by atomic mass is 10.1. The fourth-order valence-electron chi connectivity index (χ4n) is 6.15. The average Bonchev–Trinajstić information content (AvgIpc) is 3.71. The Morgan fingerprint density at radius 1 is 0.854 bits per heavy atom. The molecule has 0 aliphatic carbocycles. The maximum atomic E-state index is 13.3. The number of likely N-dealkylation sites (tertiary alicyclic amines) is 1. The van der Waals surface area contributed by atoms with Crippen LogP contribution in [-0.2, 0) is 6.54 Å². The number of piperazine rings is 1. The summed E-state index contributed by atoms with van der Waals surface area (Å²) in [5.41, 5.74) is 5.24. The second-order valence-electron chi connectivity index (χ2n) is 11.3. The van der Waals surface area contributed by atoms with Gasteiger partial charge >= 0.3 is 0 Å². The van der Waals surface area contributed by atoms with Gasteiger partial charge in [0, 0.05) is 66.8 Å². The second-order valence-corrected chi connectivity index (χ2v) is 12.4. The maximum Gasteiger partial charge on any atom is 0.126 e. The number of ether oxygens (including phenoxy) is 1. The Hall–Kier alpha value is -3.40. The first kappa shape index (κ1) is 26.5. The highest BCUT2D eigenvalue weighted by Gasteiger charge is 2.20. The van der Waals surface area contributed by atoms with E-state index in [9.17, 15) is 4.39 Å². The minimum atomic E-state index is -0.185. The Labute approximate surface area is 243 Å². The van der Waals surface area contributed by atoms with Crippen molar-refractivity contribution in [2.75, 3.05) is 57.3 Å². The Bertz CT molecular complexity index is 1590. The molecule has 5 heterocycles. The molecule has 5 aromatic rings. The lowest BCUT2D eigenvalue weighted by Gasteiger charge is -2.35. The number of aromatic amines is 2. The number of benzene rings is 2. The minimum absolute atomic E-state index is 0.185. The molecule has 9 heteroatoms. The molecule has 2 N–H and O–H groups in total. The van der Waals surface area contributed by atoms with E-state index in [-0.39, 0.29) is 5.82 Å². The summed E-state index contributed by atoms with van der Waals surface area (Å²) in [5, 5.41) is 9.07. The third kappa shape index (κ3) is 5.98. The van der Waals surface area contributed by atoms with Crippen LogP contribution in [0.3, 0.4) is 0 Å². The standard InChI is InChI=1S/C32H37FN6OS/c33-24-6-8-25(9-7-24)39-16-14-38(15-17-39)22-27-21-30-32(41-27)31(36-35-30)29-19-23-5-10-26(20-28(23)34-29)40-18-4-13-37-11-2-1-3-12-37/h5-10,19-21,34H,1-4,11-18,22H2,(H,35,36). The van der Waals surface area contributed by atoms with E-state index >= 15 is 0 Å². The number of piperidine rings is 1. The van der Waals surface area contributed by atoms with Gasteiger partial charge in [-0.2, -0.15) is 5.10 Å². The zero-order chi connectivity index (χ0) is 27.6. The van der Waals surface area contributed by atoms with Crippen molar-refractivity contribution >= 4 is 38.1 Å². The number of halogens is 1. The zero-order valence-electron chi connectivity index (χ0n) is 23.4. The van der Waals surface area contributed by atoms with Gasteiger partial charge in [0.2, 0.25) is 0 Å². The van der Waals surface area contributed by atoms with E-state index in [1.54, 1.807) is 12.1 Å². The molecule has 3 aromatic heterocycles. The van der Waals surface area contributed by atoms with E-state index in [4.69, 9.17) is 4.74 Å². The van der Waals surface area contributed by atoms with E-state index in [1.165, 1.54) is 41.9 Å². The van der Waals surface area contributed by atoms with E-state index in [0.717, 1.165) is 91.5 Å². The highest BCUT2D eigenvalue weighted by molar-refractivity contribution is 7.19. The molecule has 2 aliphatic heterocycles. The Morgan fingerprint density at radius 2 is 1.68 bits per heavy atom. The number of nitrogens with one attached hydrogen (secondary N) is 2. The van der Waals surface area contributed by atoms with Crippen molar-refractivity contribution in [3.8, 4) is 17.1 Å². The lowest BCUT2D eigenvalue weighted by molar-refractivity contribution is 0.205. The number of rotatable bonds is 9. The molecule has 214 valence electrons. The number of thiophene rings is 1. The molecule has 2 saturated heterocycles.